The Balaban J connectivity index is 2.14. The summed E-state index contributed by atoms with van der Waals surface area (Å²) in [4.78, 5) is 13.2. The fourth-order valence-electron chi connectivity index (χ4n) is 1.78. The summed E-state index contributed by atoms with van der Waals surface area (Å²) in [5.74, 6) is 0.661. The van der Waals surface area contributed by atoms with Gasteiger partial charge in [0.15, 0.2) is 0 Å². The van der Waals surface area contributed by atoms with Crippen molar-refractivity contribution >= 4 is 5.91 Å². The van der Waals surface area contributed by atoms with Crippen molar-refractivity contribution < 1.29 is 9.90 Å². The van der Waals surface area contributed by atoms with Crippen LogP contribution in [0.5, 0.6) is 0 Å². The van der Waals surface area contributed by atoms with E-state index in [4.69, 9.17) is 10.8 Å². The van der Waals surface area contributed by atoms with Crippen molar-refractivity contribution in [3.63, 3.8) is 0 Å². The van der Waals surface area contributed by atoms with Gasteiger partial charge in [-0.2, -0.15) is 0 Å². The molecule has 1 amide bonds. The number of aliphatic hydroxyl groups is 1. The number of carbonyl (C=O) groups excluding carboxylic acids is 1. The van der Waals surface area contributed by atoms with Crippen LogP contribution in [0.3, 0.4) is 0 Å². The van der Waals surface area contributed by atoms with Gasteiger partial charge in [-0.3, -0.25) is 4.79 Å². The SMILES string of the molecule is CN(CC1CC(O)C1)C(=O)CCCN. The first-order chi connectivity index (χ1) is 6.63. The molecule has 82 valence electrons. The lowest BCUT2D eigenvalue weighted by atomic mass is 9.82. The molecule has 0 aliphatic heterocycles. The van der Waals surface area contributed by atoms with Gasteiger partial charge in [-0.1, -0.05) is 0 Å². The molecule has 1 saturated carbocycles. The van der Waals surface area contributed by atoms with E-state index < -0.39 is 0 Å². The zero-order chi connectivity index (χ0) is 10.6. The molecule has 0 aromatic heterocycles. The van der Waals surface area contributed by atoms with E-state index >= 15 is 0 Å². The van der Waals surface area contributed by atoms with Crippen LogP contribution in [0.15, 0.2) is 0 Å². The highest BCUT2D eigenvalue weighted by molar-refractivity contribution is 5.75. The van der Waals surface area contributed by atoms with Crippen LogP contribution in [0.2, 0.25) is 0 Å². The highest BCUT2D eigenvalue weighted by Gasteiger charge is 2.28. The molecule has 1 aliphatic rings. The van der Waals surface area contributed by atoms with Crippen molar-refractivity contribution in [1.29, 1.82) is 0 Å². The Labute approximate surface area is 85.1 Å². The first-order valence-corrected chi connectivity index (χ1v) is 5.25. The minimum Gasteiger partial charge on any atom is -0.393 e. The quantitative estimate of drug-likeness (QED) is 0.654. The van der Waals surface area contributed by atoms with Gasteiger partial charge in [-0.15, -0.1) is 0 Å². The molecule has 1 aliphatic carbocycles. The Morgan fingerprint density at radius 1 is 1.57 bits per heavy atom. The Morgan fingerprint density at radius 3 is 2.71 bits per heavy atom. The van der Waals surface area contributed by atoms with Crippen molar-refractivity contribution in [3.05, 3.63) is 0 Å². The summed E-state index contributed by atoms with van der Waals surface area (Å²) in [6.07, 6.45) is 2.86. The van der Waals surface area contributed by atoms with E-state index in [0.717, 1.165) is 25.8 Å². The van der Waals surface area contributed by atoms with Gasteiger partial charge < -0.3 is 15.7 Å². The summed E-state index contributed by atoms with van der Waals surface area (Å²) >= 11 is 0. The number of aliphatic hydroxyl groups excluding tert-OH is 1. The van der Waals surface area contributed by atoms with Crippen LogP contribution in [0, 0.1) is 5.92 Å². The summed E-state index contributed by atoms with van der Waals surface area (Å²) < 4.78 is 0. The second kappa shape index (κ2) is 5.32. The number of nitrogens with zero attached hydrogens (tertiary/aromatic N) is 1. The first-order valence-electron chi connectivity index (χ1n) is 5.25. The van der Waals surface area contributed by atoms with Gasteiger partial charge >= 0.3 is 0 Å². The van der Waals surface area contributed by atoms with Gasteiger partial charge in [-0.05, 0) is 31.7 Å². The normalized spacial score (nSPS) is 25.6. The van der Waals surface area contributed by atoms with Gasteiger partial charge in [0.25, 0.3) is 0 Å². The summed E-state index contributed by atoms with van der Waals surface area (Å²) in [5.41, 5.74) is 5.33. The molecule has 0 aromatic carbocycles. The monoisotopic (exact) mass is 200 g/mol. The number of rotatable bonds is 5. The lowest BCUT2D eigenvalue weighted by Gasteiger charge is -2.34. The zero-order valence-corrected chi connectivity index (χ0v) is 8.78. The van der Waals surface area contributed by atoms with Crippen LogP contribution in [0.25, 0.3) is 0 Å². The summed E-state index contributed by atoms with van der Waals surface area (Å²) in [5, 5.41) is 9.09. The summed E-state index contributed by atoms with van der Waals surface area (Å²) in [7, 11) is 1.82. The standard InChI is InChI=1S/C10H20N2O2/c1-12(10(14)3-2-4-11)7-8-5-9(13)6-8/h8-9,13H,2-7,11H2,1H3. The molecule has 14 heavy (non-hydrogen) atoms. The third-order valence-electron chi connectivity index (χ3n) is 2.76. The van der Waals surface area contributed by atoms with Gasteiger partial charge in [-0.25, -0.2) is 0 Å². The number of hydrogen-bond donors (Lipinski definition) is 2. The average Bonchev–Trinajstić information content (AvgIpc) is 2.11. The van der Waals surface area contributed by atoms with E-state index in [9.17, 15) is 4.79 Å². The Kier molecular flexibility index (Phi) is 4.35. The first kappa shape index (κ1) is 11.5. The van der Waals surface area contributed by atoms with Gasteiger partial charge in [0.1, 0.15) is 0 Å². The highest BCUT2D eigenvalue weighted by atomic mass is 16.3. The lowest BCUT2D eigenvalue weighted by Crippen LogP contribution is -2.39. The fraction of sp³-hybridized carbons (Fsp3) is 0.900. The van der Waals surface area contributed by atoms with E-state index in [1.165, 1.54) is 0 Å². The van der Waals surface area contributed by atoms with Gasteiger partial charge in [0.2, 0.25) is 5.91 Å². The number of amides is 1. The number of nitrogens with two attached hydrogens (primary N) is 1. The molecule has 0 radical (unpaired) electrons. The topological polar surface area (TPSA) is 66.6 Å². The van der Waals surface area contributed by atoms with Crippen LogP contribution in [-0.4, -0.2) is 42.2 Å². The smallest absolute Gasteiger partial charge is 0.222 e. The van der Waals surface area contributed by atoms with Crippen LogP contribution < -0.4 is 5.73 Å². The van der Waals surface area contributed by atoms with Gasteiger partial charge in [0, 0.05) is 20.0 Å². The maximum Gasteiger partial charge on any atom is 0.222 e. The van der Waals surface area contributed by atoms with Crippen LogP contribution in [0.4, 0.5) is 0 Å². The largest absolute Gasteiger partial charge is 0.393 e. The second-order valence-corrected chi connectivity index (χ2v) is 4.16. The van der Waals surface area contributed by atoms with E-state index in [2.05, 4.69) is 0 Å². The molecule has 0 saturated heterocycles. The van der Waals surface area contributed by atoms with Crippen molar-refractivity contribution in [2.75, 3.05) is 20.1 Å². The molecule has 0 spiro atoms. The van der Waals surface area contributed by atoms with Crippen molar-refractivity contribution in [2.45, 2.75) is 31.8 Å². The van der Waals surface area contributed by atoms with Crippen LogP contribution >= 0.6 is 0 Å². The Morgan fingerprint density at radius 2 is 2.21 bits per heavy atom. The molecule has 1 rings (SSSR count). The van der Waals surface area contributed by atoms with Crippen molar-refractivity contribution in [1.82, 2.24) is 4.90 Å². The predicted molar refractivity (Wildman–Crippen MR) is 54.7 cm³/mol. The van der Waals surface area contributed by atoms with Crippen molar-refractivity contribution in [3.8, 4) is 0 Å². The number of hydrogen-bond acceptors (Lipinski definition) is 3. The molecular weight excluding hydrogens is 180 g/mol. The third-order valence-corrected chi connectivity index (χ3v) is 2.76. The predicted octanol–water partition coefficient (Wildman–Crippen LogP) is -0.0454. The van der Waals surface area contributed by atoms with Crippen LogP contribution in [0.1, 0.15) is 25.7 Å². The van der Waals surface area contributed by atoms with Gasteiger partial charge in [0.05, 0.1) is 6.10 Å². The zero-order valence-electron chi connectivity index (χ0n) is 8.78. The third kappa shape index (κ3) is 3.27. The molecule has 0 bridgehead atoms. The fourth-order valence-corrected chi connectivity index (χ4v) is 1.78. The minimum atomic E-state index is -0.132. The molecule has 3 N–H and O–H groups in total. The van der Waals surface area contributed by atoms with E-state index in [1.807, 2.05) is 7.05 Å². The van der Waals surface area contributed by atoms with Crippen molar-refractivity contribution in [2.24, 2.45) is 11.7 Å². The molecule has 1 fully saturated rings. The highest BCUT2D eigenvalue weighted by Crippen LogP contribution is 2.27. The Hall–Kier alpha value is -0.610. The number of carbonyl (C=O) groups is 1. The molecular formula is C10H20N2O2. The second-order valence-electron chi connectivity index (χ2n) is 4.16. The van der Waals surface area contributed by atoms with E-state index in [-0.39, 0.29) is 12.0 Å². The molecule has 0 aromatic rings. The minimum absolute atomic E-state index is 0.132. The van der Waals surface area contributed by atoms with Crippen LogP contribution in [-0.2, 0) is 4.79 Å². The molecule has 4 nitrogen and oxygen atoms in total. The average molecular weight is 200 g/mol. The summed E-state index contributed by atoms with van der Waals surface area (Å²) in [6, 6.07) is 0. The lowest BCUT2D eigenvalue weighted by molar-refractivity contribution is -0.131. The van der Waals surface area contributed by atoms with E-state index in [1.54, 1.807) is 4.90 Å². The molecule has 4 heteroatoms. The molecule has 0 atom stereocenters. The molecule has 0 heterocycles. The Bertz CT molecular complexity index is 191. The molecule has 0 unspecified atom stereocenters. The maximum absolute atomic E-state index is 11.5. The summed E-state index contributed by atoms with van der Waals surface area (Å²) in [6.45, 7) is 1.35. The maximum atomic E-state index is 11.5. The van der Waals surface area contributed by atoms with E-state index in [0.29, 0.717) is 18.9 Å².